The van der Waals surface area contributed by atoms with Gasteiger partial charge in [-0.1, -0.05) is 41.1 Å². The van der Waals surface area contributed by atoms with Gasteiger partial charge in [0.05, 0.1) is 0 Å². The number of hydrogen-bond acceptors (Lipinski definition) is 2. The molecule has 1 N–H and O–H groups in total. The van der Waals surface area contributed by atoms with E-state index in [0.29, 0.717) is 0 Å². The Labute approximate surface area is 132 Å². The summed E-state index contributed by atoms with van der Waals surface area (Å²) in [5.41, 5.74) is 1.38. The van der Waals surface area contributed by atoms with Crippen LogP contribution in [-0.4, -0.2) is 31.6 Å². The van der Waals surface area contributed by atoms with E-state index in [1.807, 2.05) is 0 Å². The van der Waals surface area contributed by atoms with Gasteiger partial charge in [0.15, 0.2) is 0 Å². The van der Waals surface area contributed by atoms with Crippen molar-refractivity contribution in [1.82, 2.24) is 10.2 Å². The molecule has 1 aliphatic rings. The van der Waals surface area contributed by atoms with E-state index in [1.165, 1.54) is 48.9 Å². The Bertz CT molecular complexity index is 402. The Balaban J connectivity index is 1.74. The van der Waals surface area contributed by atoms with Crippen LogP contribution in [0.4, 0.5) is 0 Å². The van der Waals surface area contributed by atoms with Gasteiger partial charge in [-0.3, -0.25) is 0 Å². The molecule has 1 saturated heterocycles. The largest absolute Gasteiger partial charge is 0.316 e. The molecule has 0 aliphatic carbocycles. The number of hydrogen-bond donors (Lipinski definition) is 1. The van der Waals surface area contributed by atoms with Crippen molar-refractivity contribution >= 4 is 15.9 Å². The first kappa shape index (κ1) is 16.0. The van der Waals surface area contributed by atoms with Crippen LogP contribution < -0.4 is 5.32 Å². The van der Waals surface area contributed by atoms with Crippen molar-refractivity contribution in [3.8, 4) is 0 Å². The van der Waals surface area contributed by atoms with Crippen molar-refractivity contribution in [3.63, 3.8) is 0 Å². The van der Waals surface area contributed by atoms with Crippen molar-refractivity contribution in [2.75, 3.05) is 26.7 Å². The fourth-order valence-corrected chi connectivity index (χ4v) is 3.43. The standard InChI is InChI=1S/C17H27BrN2/c1-14(15-7-5-10-19-12-15)9-11-20(2)13-16-6-3-4-8-17(16)18/h3-4,6,8,14-15,19H,5,7,9-13H2,1-2H3. The normalized spacial score (nSPS) is 21.1. The maximum Gasteiger partial charge on any atom is 0.0241 e. The minimum absolute atomic E-state index is 0.824. The van der Waals surface area contributed by atoms with Crippen LogP contribution in [0, 0.1) is 11.8 Å². The molecule has 1 aliphatic heterocycles. The van der Waals surface area contributed by atoms with E-state index in [0.717, 1.165) is 18.4 Å². The summed E-state index contributed by atoms with van der Waals surface area (Å²) in [5, 5.41) is 3.53. The third-order valence-electron chi connectivity index (χ3n) is 4.50. The third-order valence-corrected chi connectivity index (χ3v) is 5.28. The molecular formula is C17H27BrN2. The van der Waals surface area contributed by atoms with Crippen molar-refractivity contribution in [1.29, 1.82) is 0 Å². The number of nitrogens with zero attached hydrogens (tertiary/aromatic N) is 1. The first-order chi connectivity index (χ1) is 9.66. The van der Waals surface area contributed by atoms with Gasteiger partial charge >= 0.3 is 0 Å². The van der Waals surface area contributed by atoms with E-state index in [9.17, 15) is 0 Å². The summed E-state index contributed by atoms with van der Waals surface area (Å²) in [6.07, 6.45) is 4.05. The van der Waals surface area contributed by atoms with Gasteiger partial charge in [-0.05, 0) is 69.4 Å². The fourth-order valence-electron chi connectivity index (χ4n) is 3.02. The zero-order valence-corrected chi connectivity index (χ0v) is 14.3. The highest BCUT2D eigenvalue weighted by molar-refractivity contribution is 9.10. The molecule has 20 heavy (non-hydrogen) atoms. The van der Waals surface area contributed by atoms with Gasteiger partial charge in [-0.15, -0.1) is 0 Å². The maximum absolute atomic E-state index is 3.63. The number of piperidine rings is 1. The molecule has 2 rings (SSSR count). The predicted molar refractivity (Wildman–Crippen MR) is 89.9 cm³/mol. The average molecular weight is 339 g/mol. The molecule has 0 saturated carbocycles. The molecule has 1 fully saturated rings. The van der Waals surface area contributed by atoms with Gasteiger partial charge in [0.1, 0.15) is 0 Å². The zero-order valence-electron chi connectivity index (χ0n) is 12.7. The lowest BCUT2D eigenvalue weighted by Gasteiger charge is -2.29. The Kier molecular flexibility index (Phi) is 6.53. The Morgan fingerprint density at radius 1 is 1.40 bits per heavy atom. The summed E-state index contributed by atoms with van der Waals surface area (Å²) in [6, 6.07) is 8.52. The lowest BCUT2D eigenvalue weighted by Crippen LogP contribution is -2.34. The second-order valence-electron chi connectivity index (χ2n) is 6.20. The molecule has 2 unspecified atom stereocenters. The fraction of sp³-hybridized carbons (Fsp3) is 0.647. The van der Waals surface area contributed by atoms with E-state index in [1.54, 1.807) is 0 Å². The lowest BCUT2D eigenvalue weighted by molar-refractivity contribution is 0.229. The van der Waals surface area contributed by atoms with Crippen LogP contribution in [0.1, 0.15) is 31.7 Å². The monoisotopic (exact) mass is 338 g/mol. The van der Waals surface area contributed by atoms with E-state index in [2.05, 4.69) is 64.4 Å². The predicted octanol–water partition coefficient (Wildman–Crippen LogP) is 3.91. The molecule has 3 heteroatoms. The summed E-state index contributed by atoms with van der Waals surface area (Å²) >= 11 is 3.63. The quantitative estimate of drug-likeness (QED) is 0.845. The maximum atomic E-state index is 3.63. The zero-order chi connectivity index (χ0) is 14.4. The Hall–Kier alpha value is -0.380. The molecule has 1 heterocycles. The van der Waals surface area contributed by atoms with Crippen LogP contribution in [0.25, 0.3) is 0 Å². The van der Waals surface area contributed by atoms with E-state index >= 15 is 0 Å². The van der Waals surface area contributed by atoms with E-state index in [4.69, 9.17) is 0 Å². The van der Waals surface area contributed by atoms with E-state index < -0.39 is 0 Å². The number of benzene rings is 1. The van der Waals surface area contributed by atoms with Crippen molar-refractivity contribution in [2.45, 2.75) is 32.7 Å². The molecule has 2 nitrogen and oxygen atoms in total. The molecule has 0 aromatic heterocycles. The van der Waals surface area contributed by atoms with Crippen LogP contribution >= 0.6 is 15.9 Å². The molecular weight excluding hydrogens is 312 g/mol. The highest BCUT2D eigenvalue weighted by Gasteiger charge is 2.19. The lowest BCUT2D eigenvalue weighted by atomic mass is 9.85. The third kappa shape index (κ3) is 4.87. The van der Waals surface area contributed by atoms with Crippen molar-refractivity contribution < 1.29 is 0 Å². The first-order valence-electron chi connectivity index (χ1n) is 7.79. The smallest absolute Gasteiger partial charge is 0.0241 e. The summed E-state index contributed by atoms with van der Waals surface area (Å²) < 4.78 is 1.22. The van der Waals surface area contributed by atoms with Crippen LogP contribution in [0.5, 0.6) is 0 Å². The minimum Gasteiger partial charge on any atom is -0.316 e. The van der Waals surface area contributed by atoms with Crippen molar-refractivity contribution in [3.05, 3.63) is 34.3 Å². The number of rotatable bonds is 6. The molecule has 112 valence electrons. The van der Waals surface area contributed by atoms with Crippen LogP contribution in [0.15, 0.2) is 28.7 Å². The van der Waals surface area contributed by atoms with Gasteiger partial charge in [0.2, 0.25) is 0 Å². The second kappa shape index (κ2) is 8.16. The molecule has 2 atom stereocenters. The summed E-state index contributed by atoms with van der Waals surface area (Å²) in [6.45, 7) is 7.06. The van der Waals surface area contributed by atoms with Gasteiger partial charge in [0.25, 0.3) is 0 Å². The highest BCUT2D eigenvalue weighted by atomic mass is 79.9. The Morgan fingerprint density at radius 3 is 2.90 bits per heavy atom. The van der Waals surface area contributed by atoms with Gasteiger partial charge < -0.3 is 10.2 Å². The van der Waals surface area contributed by atoms with Gasteiger partial charge in [-0.25, -0.2) is 0 Å². The summed E-state index contributed by atoms with van der Waals surface area (Å²) in [5.74, 6) is 1.70. The molecule has 0 amide bonds. The number of halogens is 1. The van der Waals surface area contributed by atoms with E-state index in [-0.39, 0.29) is 0 Å². The molecule has 0 spiro atoms. The summed E-state index contributed by atoms with van der Waals surface area (Å²) in [7, 11) is 2.23. The Morgan fingerprint density at radius 2 is 2.20 bits per heavy atom. The van der Waals surface area contributed by atoms with Gasteiger partial charge in [-0.2, -0.15) is 0 Å². The highest BCUT2D eigenvalue weighted by Crippen LogP contribution is 2.23. The first-order valence-corrected chi connectivity index (χ1v) is 8.59. The van der Waals surface area contributed by atoms with Crippen LogP contribution in [-0.2, 0) is 6.54 Å². The van der Waals surface area contributed by atoms with Gasteiger partial charge in [0, 0.05) is 11.0 Å². The van der Waals surface area contributed by atoms with Crippen LogP contribution in [0.3, 0.4) is 0 Å². The molecule has 0 radical (unpaired) electrons. The number of nitrogens with one attached hydrogen (secondary N) is 1. The second-order valence-corrected chi connectivity index (χ2v) is 7.06. The molecule has 0 bridgehead atoms. The average Bonchev–Trinajstić information content (AvgIpc) is 2.48. The topological polar surface area (TPSA) is 15.3 Å². The summed E-state index contributed by atoms with van der Waals surface area (Å²) in [4.78, 5) is 2.44. The SMILES string of the molecule is CC(CCN(C)Cc1ccccc1Br)C1CCCNC1. The van der Waals surface area contributed by atoms with Crippen molar-refractivity contribution in [2.24, 2.45) is 11.8 Å². The molecule has 1 aromatic carbocycles. The minimum atomic E-state index is 0.824. The van der Waals surface area contributed by atoms with Crippen LogP contribution in [0.2, 0.25) is 0 Å². The molecule has 1 aromatic rings.